The molecule has 0 unspecified atom stereocenters. The number of amides is 2. The first kappa shape index (κ1) is 18.8. The predicted octanol–water partition coefficient (Wildman–Crippen LogP) is 2.32. The fraction of sp³-hybridized carbons (Fsp3) is 0.400. The molecule has 2 amide bonds. The number of piperazine rings is 1. The Bertz CT molecular complexity index is 873. The van der Waals surface area contributed by atoms with Gasteiger partial charge in [-0.15, -0.1) is 0 Å². The van der Waals surface area contributed by atoms with Crippen molar-refractivity contribution in [2.75, 3.05) is 36.4 Å². The SMILES string of the molecule is CC(=O)N1CCN(c2nc(C)cc(C(=O)Nc3ccc(C)cc3C)n2)CC1. The molecule has 1 saturated heterocycles. The van der Waals surface area contributed by atoms with Gasteiger partial charge in [-0.3, -0.25) is 9.59 Å². The van der Waals surface area contributed by atoms with Crippen LogP contribution in [0.25, 0.3) is 0 Å². The van der Waals surface area contributed by atoms with Crippen LogP contribution in [-0.2, 0) is 4.79 Å². The highest BCUT2D eigenvalue weighted by Crippen LogP contribution is 2.18. The summed E-state index contributed by atoms with van der Waals surface area (Å²) in [5.41, 5.74) is 4.01. The van der Waals surface area contributed by atoms with E-state index < -0.39 is 0 Å². The van der Waals surface area contributed by atoms with Gasteiger partial charge in [0.25, 0.3) is 5.91 Å². The van der Waals surface area contributed by atoms with Crippen LogP contribution >= 0.6 is 0 Å². The summed E-state index contributed by atoms with van der Waals surface area (Å²) >= 11 is 0. The molecule has 1 fully saturated rings. The van der Waals surface area contributed by atoms with Crippen LogP contribution in [0.4, 0.5) is 11.6 Å². The Morgan fingerprint density at radius 2 is 1.70 bits per heavy atom. The van der Waals surface area contributed by atoms with Crippen molar-refractivity contribution >= 4 is 23.5 Å². The van der Waals surface area contributed by atoms with E-state index >= 15 is 0 Å². The van der Waals surface area contributed by atoms with Gasteiger partial charge in [0, 0.05) is 44.5 Å². The second kappa shape index (κ2) is 7.73. The first-order chi connectivity index (χ1) is 12.8. The zero-order valence-corrected chi connectivity index (χ0v) is 16.2. The lowest BCUT2D eigenvalue weighted by atomic mass is 10.1. The summed E-state index contributed by atoms with van der Waals surface area (Å²) in [6.45, 7) is 9.99. The van der Waals surface area contributed by atoms with Crippen molar-refractivity contribution in [1.29, 1.82) is 0 Å². The molecule has 1 aromatic heterocycles. The minimum Gasteiger partial charge on any atom is -0.339 e. The average Bonchev–Trinajstić information content (AvgIpc) is 2.63. The van der Waals surface area contributed by atoms with Crippen LogP contribution in [0, 0.1) is 20.8 Å². The molecule has 3 rings (SSSR count). The summed E-state index contributed by atoms with van der Waals surface area (Å²) in [5.74, 6) is 0.355. The zero-order valence-electron chi connectivity index (χ0n) is 16.2. The van der Waals surface area contributed by atoms with Crippen LogP contribution in [-0.4, -0.2) is 52.9 Å². The van der Waals surface area contributed by atoms with Gasteiger partial charge >= 0.3 is 0 Å². The van der Waals surface area contributed by atoms with Gasteiger partial charge in [0.2, 0.25) is 11.9 Å². The zero-order chi connectivity index (χ0) is 19.6. The molecule has 0 radical (unpaired) electrons. The van der Waals surface area contributed by atoms with Gasteiger partial charge in [0.15, 0.2) is 0 Å². The molecule has 27 heavy (non-hydrogen) atoms. The molecule has 1 N–H and O–H groups in total. The smallest absolute Gasteiger partial charge is 0.274 e. The fourth-order valence-corrected chi connectivity index (χ4v) is 3.17. The lowest BCUT2D eigenvalue weighted by molar-refractivity contribution is -0.129. The first-order valence-electron chi connectivity index (χ1n) is 9.08. The number of nitrogens with one attached hydrogen (secondary N) is 1. The van der Waals surface area contributed by atoms with Gasteiger partial charge in [-0.25, -0.2) is 9.97 Å². The minimum absolute atomic E-state index is 0.0772. The van der Waals surface area contributed by atoms with Crippen molar-refractivity contribution in [3.63, 3.8) is 0 Å². The molecule has 0 aliphatic carbocycles. The lowest BCUT2D eigenvalue weighted by Gasteiger charge is -2.34. The summed E-state index contributed by atoms with van der Waals surface area (Å²) in [7, 11) is 0. The molecule has 2 heterocycles. The monoisotopic (exact) mass is 367 g/mol. The van der Waals surface area contributed by atoms with E-state index in [-0.39, 0.29) is 11.8 Å². The van der Waals surface area contributed by atoms with E-state index in [1.807, 2.05) is 43.9 Å². The Balaban J connectivity index is 1.77. The summed E-state index contributed by atoms with van der Waals surface area (Å²) in [6.07, 6.45) is 0. The van der Waals surface area contributed by atoms with Gasteiger partial charge in [-0.2, -0.15) is 0 Å². The van der Waals surface area contributed by atoms with Gasteiger partial charge in [0.05, 0.1) is 0 Å². The van der Waals surface area contributed by atoms with Crippen LogP contribution in [0.2, 0.25) is 0 Å². The molecule has 1 aliphatic rings. The molecule has 0 bridgehead atoms. The third kappa shape index (κ3) is 4.42. The number of aryl methyl sites for hydroxylation is 3. The second-order valence-electron chi connectivity index (χ2n) is 6.96. The van der Waals surface area contributed by atoms with Crippen molar-refractivity contribution in [1.82, 2.24) is 14.9 Å². The second-order valence-corrected chi connectivity index (χ2v) is 6.96. The Hall–Kier alpha value is -2.96. The molecule has 0 spiro atoms. The summed E-state index contributed by atoms with van der Waals surface area (Å²) < 4.78 is 0. The summed E-state index contributed by atoms with van der Waals surface area (Å²) in [6, 6.07) is 7.58. The van der Waals surface area contributed by atoms with Crippen LogP contribution in [0.1, 0.15) is 34.2 Å². The van der Waals surface area contributed by atoms with E-state index in [1.165, 1.54) is 0 Å². The number of rotatable bonds is 3. The number of carbonyl (C=O) groups excluding carboxylic acids is 2. The predicted molar refractivity (Wildman–Crippen MR) is 105 cm³/mol. The third-order valence-electron chi connectivity index (χ3n) is 4.71. The number of nitrogens with zero attached hydrogens (tertiary/aromatic N) is 4. The maximum atomic E-state index is 12.7. The standard InChI is InChI=1S/C20H25N5O2/c1-13-5-6-17(14(2)11-13)22-19(27)18-12-15(3)21-20(23-18)25-9-7-24(8-10-25)16(4)26/h5-6,11-12H,7-10H2,1-4H3,(H,22,27). The normalized spacial score (nSPS) is 14.2. The van der Waals surface area contributed by atoms with Crippen LogP contribution in [0.3, 0.4) is 0 Å². The molecular formula is C20H25N5O2. The molecule has 142 valence electrons. The average molecular weight is 367 g/mol. The van der Waals surface area contributed by atoms with E-state index in [1.54, 1.807) is 17.9 Å². The highest BCUT2D eigenvalue weighted by molar-refractivity contribution is 6.03. The number of hydrogen-bond donors (Lipinski definition) is 1. The lowest BCUT2D eigenvalue weighted by Crippen LogP contribution is -2.48. The summed E-state index contributed by atoms with van der Waals surface area (Å²) in [4.78, 5) is 37.0. The van der Waals surface area contributed by atoms with Crippen LogP contribution < -0.4 is 10.2 Å². The Morgan fingerprint density at radius 1 is 1.00 bits per heavy atom. The Labute approximate surface area is 159 Å². The third-order valence-corrected chi connectivity index (χ3v) is 4.71. The molecule has 1 aliphatic heterocycles. The Morgan fingerprint density at radius 3 is 2.33 bits per heavy atom. The molecule has 7 heteroatoms. The van der Waals surface area contributed by atoms with Crippen molar-refractivity contribution in [2.24, 2.45) is 0 Å². The molecule has 0 atom stereocenters. The van der Waals surface area contributed by atoms with E-state index in [0.717, 1.165) is 22.5 Å². The maximum absolute atomic E-state index is 12.7. The van der Waals surface area contributed by atoms with Crippen LogP contribution in [0.15, 0.2) is 24.3 Å². The highest BCUT2D eigenvalue weighted by atomic mass is 16.2. The highest BCUT2D eigenvalue weighted by Gasteiger charge is 2.22. The van der Waals surface area contributed by atoms with Gasteiger partial charge in [0.1, 0.15) is 5.69 Å². The molecule has 1 aromatic carbocycles. The maximum Gasteiger partial charge on any atom is 0.274 e. The number of anilines is 2. The molecule has 7 nitrogen and oxygen atoms in total. The van der Waals surface area contributed by atoms with Crippen molar-refractivity contribution in [3.8, 4) is 0 Å². The van der Waals surface area contributed by atoms with E-state index in [2.05, 4.69) is 15.3 Å². The fourth-order valence-electron chi connectivity index (χ4n) is 3.17. The van der Waals surface area contributed by atoms with E-state index in [9.17, 15) is 9.59 Å². The van der Waals surface area contributed by atoms with Gasteiger partial charge in [-0.05, 0) is 38.5 Å². The molecule has 0 saturated carbocycles. The first-order valence-corrected chi connectivity index (χ1v) is 9.08. The molecular weight excluding hydrogens is 342 g/mol. The minimum atomic E-state index is -0.254. The topological polar surface area (TPSA) is 78.4 Å². The van der Waals surface area contributed by atoms with Crippen molar-refractivity contribution in [2.45, 2.75) is 27.7 Å². The Kier molecular flexibility index (Phi) is 5.39. The number of aromatic nitrogens is 2. The van der Waals surface area contributed by atoms with E-state index in [4.69, 9.17) is 0 Å². The van der Waals surface area contributed by atoms with Gasteiger partial charge < -0.3 is 15.1 Å². The van der Waals surface area contributed by atoms with E-state index in [0.29, 0.717) is 37.8 Å². The number of carbonyl (C=O) groups is 2. The van der Waals surface area contributed by atoms with Crippen molar-refractivity contribution in [3.05, 3.63) is 46.8 Å². The van der Waals surface area contributed by atoms with Gasteiger partial charge in [-0.1, -0.05) is 17.7 Å². The molecule has 2 aromatic rings. The van der Waals surface area contributed by atoms with Crippen molar-refractivity contribution < 1.29 is 9.59 Å². The summed E-state index contributed by atoms with van der Waals surface area (Å²) in [5, 5.41) is 2.93. The van der Waals surface area contributed by atoms with Crippen LogP contribution in [0.5, 0.6) is 0 Å². The quantitative estimate of drug-likeness (QED) is 0.901. The largest absolute Gasteiger partial charge is 0.339 e. The number of benzene rings is 1. The number of hydrogen-bond acceptors (Lipinski definition) is 5.